The number of rotatable bonds is 4. The Balaban J connectivity index is 2.13. The molecule has 0 bridgehead atoms. The molecule has 0 atom stereocenters. The number of hydrogen-bond donors (Lipinski definition) is 2. The standard InChI is InChI=1S/C12H15NO2S/c1-9-4-2-3-5-10(9)16-12(6-11(14)15)7-13-8-12/h2-5,13H,6-8H2,1H3,(H,14,15). The number of carboxylic acids is 1. The fraction of sp³-hybridized carbons (Fsp3) is 0.417. The summed E-state index contributed by atoms with van der Waals surface area (Å²) in [7, 11) is 0. The summed E-state index contributed by atoms with van der Waals surface area (Å²) in [6.07, 6.45) is 0.221. The molecule has 1 aromatic carbocycles. The van der Waals surface area contributed by atoms with Gasteiger partial charge in [0.15, 0.2) is 0 Å². The Morgan fingerprint density at radius 3 is 2.69 bits per heavy atom. The van der Waals surface area contributed by atoms with E-state index < -0.39 is 5.97 Å². The minimum atomic E-state index is -0.720. The van der Waals surface area contributed by atoms with Gasteiger partial charge < -0.3 is 10.4 Å². The second-order valence-electron chi connectivity index (χ2n) is 4.22. The molecule has 2 N–H and O–H groups in total. The first-order valence-corrected chi connectivity index (χ1v) is 6.10. The van der Waals surface area contributed by atoms with Crippen LogP contribution in [0.3, 0.4) is 0 Å². The highest BCUT2D eigenvalue weighted by atomic mass is 32.2. The molecule has 1 fully saturated rings. The zero-order valence-corrected chi connectivity index (χ0v) is 10.0. The molecular formula is C12H15NO2S. The van der Waals surface area contributed by atoms with Crippen molar-refractivity contribution in [3.63, 3.8) is 0 Å². The van der Waals surface area contributed by atoms with Gasteiger partial charge in [0.05, 0.1) is 11.2 Å². The maximum atomic E-state index is 10.8. The number of nitrogens with one attached hydrogen (secondary N) is 1. The maximum Gasteiger partial charge on any atom is 0.304 e. The Morgan fingerprint density at radius 2 is 2.19 bits per heavy atom. The summed E-state index contributed by atoms with van der Waals surface area (Å²) in [6.45, 7) is 3.61. The lowest BCUT2D eigenvalue weighted by Gasteiger charge is -2.41. The van der Waals surface area contributed by atoms with E-state index in [-0.39, 0.29) is 11.2 Å². The molecule has 3 nitrogen and oxygen atoms in total. The molecular weight excluding hydrogens is 222 g/mol. The van der Waals surface area contributed by atoms with Crippen molar-refractivity contribution in [3.8, 4) is 0 Å². The van der Waals surface area contributed by atoms with Crippen molar-refractivity contribution in [1.82, 2.24) is 5.32 Å². The van der Waals surface area contributed by atoms with Crippen molar-refractivity contribution in [3.05, 3.63) is 29.8 Å². The monoisotopic (exact) mass is 237 g/mol. The van der Waals surface area contributed by atoms with Gasteiger partial charge in [0.1, 0.15) is 0 Å². The third kappa shape index (κ3) is 2.39. The third-order valence-electron chi connectivity index (χ3n) is 2.79. The Morgan fingerprint density at radius 1 is 1.50 bits per heavy atom. The summed E-state index contributed by atoms with van der Waals surface area (Å²) >= 11 is 1.69. The van der Waals surface area contributed by atoms with E-state index in [4.69, 9.17) is 5.11 Å². The van der Waals surface area contributed by atoms with Crippen molar-refractivity contribution < 1.29 is 9.90 Å². The zero-order valence-electron chi connectivity index (χ0n) is 9.19. The van der Waals surface area contributed by atoms with Crippen LogP contribution in [0.5, 0.6) is 0 Å². The van der Waals surface area contributed by atoms with E-state index in [0.29, 0.717) is 0 Å². The lowest BCUT2D eigenvalue weighted by Crippen LogP contribution is -2.57. The number of carbonyl (C=O) groups is 1. The molecule has 0 aliphatic carbocycles. The van der Waals surface area contributed by atoms with Gasteiger partial charge in [-0.25, -0.2) is 0 Å². The first kappa shape index (κ1) is 11.5. The molecule has 1 aromatic rings. The van der Waals surface area contributed by atoms with Crippen molar-refractivity contribution in [2.24, 2.45) is 0 Å². The molecule has 16 heavy (non-hydrogen) atoms. The fourth-order valence-corrected chi connectivity index (χ4v) is 3.20. The number of thioether (sulfide) groups is 1. The molecule has 0 unspecified atom stereocenters. The molecule has 0 amide bonds. The first-order valence-electron chi connectivity index (χ1n) is 5.28. The number of hydrogen-bond acceptors (Lipinski definition) is 3. The van der Waals surface area contributed by atoms with Crippen LogP contribution in [-0.2, 0) is 4.79 Å². The highest BCUT2D eigenvalue weighted by Gasteiger charge is 2.40. The van der Waals surface area contributed by atoms with Gasteiger partial charge in [-0.05, 0) is 18.6 Å². The minimum Gasteiger partial charge on any atom is -0.481 e. The smallest absolute Gasteiger partial charge is 0.304 e. The highest BCUT2D eigenvalue weighted by molar-refractivity contribution is 8.00. The van der Waals surface area contributed by atoms with Gasteiger partial charge in [-0.2, -0.15) is 0 Å². The van der Waals surface area contributed by atoms with Gasteiger partial charge in [0.25, 0.3) is 0 Å². The number of aryl methyl sites for hydroxylation is 1. The normalized spacial score (nSPS) is 17.8. The Labute approximate surface area is 99.2 Å². The average molecular weight is 237 g/mol. The second-order valence-corrected chi connectivity index (χ2v) is 5.73. The van der Waals surface area contributed by atoms with Crippen LogP contribution in [0.15, 0.2) is 29.2 Å². The quantitative estimate of drug-likeness (QED) is 0.839. The van der Waals surface area contributed by atoms with E-state index in [0.717, 1.165) is 13.1 Å². The summed E-state index contributed by atoms with van der Waals surface area (Å²) in [5, 5.41) is 12.1. The van der Waals surface area contributed by atoms with Gasteiger partial charge in [0.2, 0.25) is 0 Å². The Hall–Kier alpha value is -1.00. The van der Waals surface area contributed by atoms with Crippen LogP contribution in [0.25, 0.3) is 0 Å². The maximum absolute atomic E-state index is 10.8. The van der Waals surface area contributed by atoms with Gasteiger partial charge in [0, 0.05) is 18.0 Å². The lowest BCUT2D eigenvalue weighted by atomic mass is 9.98. The van der Waals surface area contributed by atoms with Gasteiger partial charge in [-0.15, -0.1) is 11.8 Å². The van der Waals surface area contributed by atoms with Crippen LogP contribution in [0, 0.1) is 6.92 Å². The predicted molar refractivity (Wildman–Crippen MR) is 64.9 cm³/mol. The van der Waals surface area contributed by atoms with Gasteiger partial charge >= 0.3 is 5.97 Å². The summed E-state index contributed by atoms with van der Waals surface area (Å²) in [5.74, 6) is -0.720. The summed E-state index contributed by atoms with van der Waals surface area (Å²) < 4.78 is -0.155. The third-order valence-corrected chi connectivity index (χ3v) is 4.33. The molecule has 1 saturated heterocycles. The van der Waals surface area contributed by atoms with Gasteiger partial charge in [-0.3, -0.25) is 4.79 Å². The van der Waals surface area contributed by atoms with Gasteiger partial charge in [-0.1, -0.05) is 18.2 Å². The van der Waals surface area contributed by atoms with Crippen LogP contribution in [0.1, 0.15) is 12.0 Å². The molecule has 4 heteroatoms. The van der Waals surface area contributed by atoms with Crippen molar-refractivity contribution >= 4 is 17.7 Å². The topological polar surface area (TPSA) is 49.3 Å². The Kier molecular flexibility index (Phi) is 3.21. The fourth-order valence-electron chi connectivity index (χ4n) is 1.82. The molecule has 1 aliphatic heterocycles. The molecule has 1 aliphatic rings. The first-order chi connectivity index (χ1) is 7.61. The average Bonchev–Trinajstić information content (AvgIpc) is 2.17. The largest absolute Gasteiger partial charge is 0.481 e. The number of carboxylic acid groups (broad SMARTS) is 1. The summed E-state index contributed by atoms with van der Waals surface area (Å²) in [6, 6.07) is 8.11. The summed E-state index contributed by atoms with van der Waals surface area (Å²) in [5.41, 5.74) is 1.21. The van der Waals surface area contributed by atoms with E-state index in [1.165, 1.54) is 10.5 Å². The molecule has 0 saturated carbocycles. The molecule has 1 heterocycles. The minimum absolute atomic E-state index is 0.155. The molecule has 86 valence electrons. The van der Waals surface area contributed by atoms with Crippen molar-refractivity contribution in [2.75, 3.05) is 13.1 Å². The van der Waals surface area contributed by atoms with E-state index in [9.17, 15) is 4.79 Å². The van der Waals surface area contributed by atoms with Crippen molar-refractivity contribution in [1.29, 1.82) is 0 Å². The van der Waals surface area contributed by atoms with E-state index in [1.54, 1.807) is 11.8 Å². The number of benzene rings is 1. The van der Waals surface area contributed by atoms with Crippen molar-refractivity contribution in [2.45, 2.75) is 23.0 Å². The lowest BCUT2D eigenvalue weighted by molar-refractivity contribution is -0.138. The SMILES string of the molecule is Cc1ccccc1SC1(CC(=O)O)CNC1. The van der Waals surface area contributed by atoms with Crippen LogP contribution in [-0.4, -0.2) is 28.9 Å². The zero-order chi connectivity index (χ0) is 11.6. The van der Waals surface area contributed by atoms with Crippen LogP contribution in [0.4, 0.5) is 0 Å². The van der Waals surface area contributed by atoms with E-state index >= 15 is 0 Å². The molecule has 0 aromatic heterocycles. The highest BCUT2D eigenvalue weighted by Crippen LogP contribution is 2.39. The number of aliphatic carboxylic acids is 1. The van der Waals surface area contributed by atoms with Crippen LogP contribution in [0.2, 0.25) is 0 Å². The second kappa shape index (κ2) is 4.47. The van der Waals surface area contributed by atoms with E-state index in [2.05, 4.69) is 24.4 Å². The van der Waals surface area contributed by atoms with Crippen LogP contribution < -0.4 is 5.32 Å². The van der Waals surface area contributed by atoms with E-state index in [1.807, 2.05) is 12.1 Å². The molecule has 2 rings (SSSR count). The van der Waals surface area contributed by atoms with Crippen LogP contribution >= 0.6 is 11.8 Å². The molecule has 0 spiro atoms. The molecule has 0 radical (unpaired) electrons. The predicted octanol–water partition coefficient (Wildman–Crippen LogP) is 1.90. The Bertz CT molecular complexity index is 402. The summed E-state index contributed by atoms with van der Waals surface area (Å²) in [4.78, 5) is 12.0.